The van der Waals surface area contributed by atoms with Crippen molar-refractivity contribution in [2.24, 2.45) is 0 Å². The molecule has 2 rings (SSSR count). The van der Waals surface area contributed by atoms with Gasteiger partial charge in [-0.25, -0.2) is 9.59 Å². The molecule has 1 aliphatic heterocycles. The van der Waals surface area contributed by atoms with E-state index < -0.39 is 12.0 Å². The Morgan fingerprint density at radius 2 is 2.13 bits per heavy atom. The summed E-state index contributed by atoms with van der Waals surface area (Å²) in [5.74, 6) is -0.284. The number of anilines is 1. The van der Waals surface area contributed by atoms with Crippen LogP contribution < -0.4 is 10.2 Å². The average Bonchev–Trinajstić information content (AvgIpc) is 2.59. The molecule has 0 radical (unpaired) electrons. The molecule has 23 heavy (non-hydrogen) atoms. The van der Waals surface area contributed by atoms with E-state index in [2.05, 4.69) is 15.2 Å². The summed E-state index contributed by atoms with van der Waals surface area (Å²) in [6, 6.07) is 2.75. The number of aliphatic carboxylic acids is 1. The second kappa shape index (κ2) is 8.61. The number of carbonyl (C=O) groups is 2. The maximum Gasteiger partial charge on any atom is 0.326 e. The number of nitrogens with one attached hydrogen (secondary N) is 1. The summed E-state index contributed by atoms with van der Waals surface area (Å²) in [5, 5.41) is 11.8. The van der Waals surface area contributed by atoms with E-state index in [1.165, 1.54) is 0 Å². The average molecular weight is 338 g/mol. The topological polar surface area (TPSA) is 85.8 Å². The molecule has 1 fully saturated rings. The van der Waals surface area contributed by atoms with Gasteiger partial charge in [0.15, 0.2) is 0 Å². The van der Waals surface area contributed by atoms with Crippen LogP contribution in [-0.4, -0.2) is 71.2 Å². The van der Waals surface area contributed by atoms with Crippen LogP contribution >= 0.6 is 11.8 Å². The van der Waals surface area contributed by atoms with E-state index in [1.54, 1.807) is 29.1 Å². The molecule has 0 aliphatic carbocycles. The lowest BCUT2D eigenvalue weighted by Gasteiger charge is -2.36. The van der Waals surface area contributed by atoms with Crippen LogP contribution in [0.4, 0.5) is 10.5 Å². The number of carboxylic acid groups (broad SMARTS) is 1. The number of urea groups is 1. The number of piperazine rings is 1. The summed E-state index contributed by atoms with van der Waals surface area (Å²) in [5.41, 5.74) is 1.04. The van der Waals surface area contributed by atoms with Gasteiger partial charge < -0.3 is 20.2 Å². The minimum Gasteiger partial charge on any atom is -0.480 e. The van der Waals surface area contributed by atoms with Crippen molar-refractivity contribution >= 4 is 29.4 Å². The fraction of sp³-hybridized carbons (Fsp3) is 0.533. The highest BCUT2D eigenvalue weighted by atomic mass is 32.2. The molecule has 126 valence electrons. The SMILES string of the molecule is CSCC[C@H](NC(=O)N1CCN(c2cccnc2)CC1)C(=O)O. The van der Waals surface area contributed by atoms with E-state index in [1.807, 2.05) is 18.4 Å². The minimum atomic E-state index is -0.985. The fourth-order valence-electron chi connectivity index (χ4n) is 2.44. The molecule has 0 aromatic carbocycles. The zero-order valence-corrected chi connectivity index (χ0v) is 14.0. The minimum absolute atomic E-state index is 0.302. The van der Waals surface area contributed by atoms with E-state index in [-0.39, 0.29) is 6.03 Å². The van der Waals surface area contributed by atoms with Crippen molar-refractivity contribution in [3.63, 3.8) is 0 Å². The van der Waals surface area contributed by atoms with Crippen molar-refractivity contribution in [2.45, 2.75) is 12.5 Å². The Labute approximate surface area is 140 Å². The summed E-state index contributed by atoms with van der Waals surface area (Å²) in [6.07, 6.45) is 5.88. The van der Waals surface area contributed by atoms with Gasteiger partial charge in [0.25, 0.3) is 0 Å². The smallest absolute Gasteiger partial charge is 0.326 e. The highest BCUT2D eigenvalue weighted by Crippen LogP contribution is 2.14. The molecule has 0 saturated carbocycles. The number of carboxylic acids is 1. The highest BCUT2D eigenvalue weighted by Gasteiger charge is 2.25. The number of rotatable bonds is 6. The quantitative estimate of drug-likeness (QED) is 0.808. The Morgan fingerprint density at radius 3 is 2.70 bits per heavy atom. The Morgan fingerprint density at radius 1 is 1.39 bits per heavy atom. The Balaban J connectivity index is 1.84. The van der Waals surface area contributed by atoms with Crippen LogP contribution in [0.1, 0.15) is 6.42 Å². The van der Waals surface area contributed by atoms with Gasteiger partial charge in [0.2, 0.25) is 0 Å². The number of hydrogen-bond donors (Lipinski definition) is 2. The van der Waals surface area contributed by atoms with Crippen LogP contribution in [0.15, 0.2) is 24.5 Å². The monoisotopic (exact) mass is 338 g/mol. The number of carbonyl (C=O) groups excluding carboxylic acids is 1. The molecule has 1 aromatic heterocycles. The first kappa shape index (κ1) is 17.4. The number of nitrogens with zero attached hydrogens (tertiary/aromatic N) is 3. The summed E-state index contributed by atoms with van der Waals surface area (Å²) >= 11 is 1.57. The molecule has 7 nitrogen and oxygen atoms in total. The molecule has 0 bridgehead atoms. The van der Waals surface area contributed by atoms with Crippen LogP contribution in [0.25, 0.3) is 0 Å². The lowest BCUT2D eigenvalue weighted by atomic mass is 10.2. The van der Waals surface area contributed by atoms with Gasteiger partial charge in [-0.1, -0.05) is 0 Å². The number of pyridine rings is 1. The summed E-state index contributed by atoms with van der Waals surface area (Å²) < 4.78 is 0. The van der Waals surface area contributed by atoms with Crippen molar-refractivity contribution < 1.29 is 14.7 Å². The van der Waals surface area contributed by atoms with Crippen molar-refractivity contribution in [1.82, 2.24) is 15.2 Å². The van der Waals surface area contributed by atoms with E-state index in [0.29, 0.717) is 38.4 Å². The molecule has 1 aliphatic rings. The zero-order chi connectivity index (χ0) is 16.7. The standard InChI is InChI=1S/C15H22N4O3S/c1-23-10-4-13(14(20)21)17-15(22)19-8-6-18(7-9-19)12-3-2-5-16-11-12/h2-3,5,11,13H,4,6-10H2,1H3,(H,17,22)(H,20,21)/t13-/m0/s1. The van der Waals surface area contributed by atoms with Crippen molar-refractivity contribution in [2.75, 3.05) is 43.1 Å². The van der Waals surface area contributed by atoms with Gasteiger partial charge in [0.05, 0.1) is 11.9 Å². The van der Waals surface area contributed by atoms with Gasteiger partial charge in [-0.05, 0) is 30.6 Å². The van der Waals surface area contributed by atoms with Crippen LogP contribution in [0.2, 0.25) is 0 Å². The third kappa shape index (κ3) is 5.02. The summed E-state index contributed by atoms with van der Waals surface area (Å²) in [4.78, 5) is 31.4. The summed E-state index contributed by atoms with van der Waals surface area (Å²) in [6.45, 7) is 2.55. The second-order valence-electron chi connectivity index (χ2n) is 5.31. The predicted molar refractivity (Wildman–Crippen MR) is 91.0 cm³/mol. The molecule has 1 atom stereocenters. The van der Waals surface area contributed by atoms with E-state index in [0.717, 1.165) is 5.69 Å². The second-order valence-corrected chi connectivity index (χ2v) is 6.29. The van der Waals surface area contributed by atoms with Crippen molar-refractivity contribution in [3.8, 4) is 0 Å². The lowest BCUT2D eigenvalue weighted by Crippen LogP contribution is -2.54. The molecular formula is C15H22N4O3S. The van der Waals surface area contributed by atoms with E-state index in [9.17, 15) is 14.7 Å². The predicted octanol–water partition coefficient (Wildman–Crippen LogP) is 1.12. The summed E-state index contributed by atoms with van der Waals surface area (Å²) in [7, 11) is 0. The number of amides is 2. The molecule has 8 heteroatoms. The first-order valence-electron chi connectivity index (χ1n) is 7.54. The van der Waals surface area contributed by atoms with Gasteiger partial charge in [-0.2, -0.15) is 11.8 Å². The molecular weight excluding hydrogens is 316 g/mol. The molecule has 2 amide bonds. The van der Waals surface area contributed by atoms with Gasteiger partial charge >= 0.3 is 12.0 Å². The van der Waals surface area contributed by atoms with Gasteiger partial charge in [0, 0.05) is 32.4 Å². The molecule has 1 saturated heterocycles. The largest absolute Gasteiger partial charge is 0.480 e. The van der Waals surface area contributed by atoms with Crippen LogP contribution in [-0.2, 0) is 4.79 Å². The molecule has 2 heterocycles. The first-order chi connectivity index (χ1) is 11.1. The Hall–Kier alpha value is -1.96. The highest BCUT2D eigenvalue weighted by molar-refractivity contribution is 7.98. The van der Waals surface area contributed by atoms with Crippen molar-refractivity contribution in [3.05, 3.63) is 24.5 Å². The third-order valence-electron chi connectivity index (χ3n) is 3.78. The van der Waals surface area contributed by atoms with Gasteiger partial charge in [-0.15, -0.1) is 0 Å². The number of thioether (sulfide) groups is 1. The van der Waals surface area contributed by atoms with Gasteiger partial charge in [0.1, 0.15) is 6.04 Å². The molecule has 0 unspecified atom stereocenters. The Kier molecular flexibility index (Phi) is 6.52. The van der Waals surface area contributed by atoms with Crippen LogP contribution in [0.5, 0.6) is 0 Å². The van der Waals surface area contributed by atoms with Crippen molar-refractivity contribution in [1.29, 1.82) is 0 Å². The first-order valence-corrected chi connectivity index (χ1v) is 8.93. The van der Waals surface area contributed by atoms with Gasteiger partial charge in [-0.3, -0.25) is 4.98 Å². The number of aromatic nitrogens is 1. The molecule has 2 N–H and O–H groups in total. The number of hydrogen-bond acceptors (Lipinski definition) is 5. The van der Waals surface area contributed by atoms with Crippen LogP contribution in [0, 0.1) is 0 Å². The third-order valence-corrected chi connectivity index (χ3v) is 4.43. The molecule has 1 aromatic rings. The van der Waals surface area contributed by atoms with Crippen LogP contribution in [0.3, 0.4) is 0 Å². The maximum absolute atomic E-state index is 12.2. The maximum atomic E-state index is 12.2. The zero-order valence-electron chi connectivity index (χ0n) is 13.1. The van der Waals surface area contributed by atoms with E-state index >= 15 is 0 Å². The Bertz CT molecular complexity index is 521. The lowest BCUT2D eigenvalue weighted by molar-refractivity contribution is -0.139. The molecule has 0 spiro atoms. The van der Waals surface area contributed by atoms with E-state index in [4.69, 9.17) is 0 Å². The normalized spacial score (nSPS) is 16.0. The fourth-order valence-corrected chi connectivity index (χ4v) is 2.91.